The highest BCUT2D eigenvalue weighted by Crippen LogP contribution is 2.22. The molecule has 0 saturated carbocycles. The maximum Gasteiger partial charge on any atom is 0.191 e. The van der Waals surface area contributed by atoms with Gasteiger partial charge in [-0.05, 0) is 39.4 Å². The summed E-state index contributed by atoms with van der Waals surface area (Å²) in [5, 5.41) is 9.91. The molecule has 2 aromatic heterocycles. The molecule has 0 bridgehead atoms. The number of hydrogen-bond acceptors (Lipinski definition) is 5. The Kier molecular flexibility index (Phi) is 7.01. The van der Waals surface area contributed by atoms with Crippen molar-refractivity contribution in [3.8, 4) is 0 Å². The lowest BCUT2D eigenvalue weighted by molar-refractivity contribution is 0.302. The number of nitrogens with zero attached hydrogens (tertiary/aromatic N) is 3. The van der Waals surface area contributed by atoms with Gasteiger partial charge in [0, 0.05) is 29.0 Å². The third kappa shape index (κ3) is 5.60. The monoisotopic (exact) mass is 351 g/mol. The Hall–Kier alpha value is -1.44. The Balaban J connectivity index is 1.97. The van der Waals surface area contributed by atoms with Crippen molar-refractivity contribution in [3.63, 3.8) is 0 Å². The summed E-state index contributed by atoms with van der Waals surface area (Å²) < 4.78 is 0. The van der Waals surface area contributed by atoms with Crippen LogP contribution in [0.25, 0.3) is 0 Å². The van der Waals surface area contributed by atoms with E-state index in [4.69, 9.17) is 0 Å². The summed E-state index contributed by atoms with van der Waals surface area (Å²) in [6, 6.07) is 4.61. The first-order chi connectivity index (χ1) is 11.1. The highest BCUT2D eigenvalue weighted by Gasteiger charge is 2.15. The molecule has 0 spiro atoms. The number of nitrogens with one attached hydrogen (secondary N) is 2. The summed E-state index contributed by atoms with van der Waals surface area (Å²) in [6.45, 7) is 6.41. The molecule has 2 rings (SSSR count). The maximum absolute atomic E-state index is 4.64. The molecule has 126 valence electrons. The van der Waals surface area contributed by atoms with Crippen LogP contribution in [-0.4, -0.2) is 43.0 Å². The van der Waals surface area contributed by atoms with Gasteiger partial charge in [-0.15, -0.1) is 22.7 Å². The van der Waals surface area contributed by atoms with E-state index >= 15 is 0 Å². The van der Waals surface area contributed by atoms with Gasteiger partial charge in [0.15, 0.2) is 5.96 Å². The molecule has 0 aromatic carbocycles. The quantitative estimate of drug-likeness (QED) is 0.595. The molecule has 0 saturated heterocycles. The minimum absolute atomic E-state index is 0.334. The van der Waals surface area contributed by atoms with Crippen LogP contribution in [0.15, 0.2) is 28.7 Å². The first-order valence-corrected chi connectivity index (χ1v) is 9.43. The van der Waals surface area contributed by atoms with Crippen LogP contribution in [0.1, 0.15) is 27.7 Å². The van der Waals surface area contributed by atoms with Crippen molar-refractivity contribution < 1.29 is 0 Å². The van der Waals surface area contributed by atoms with Gasteiger partial charge < -0.3 is 15.5 Å². The highest BCUT2D eigenvalue weighted by atomic mass is 32.1. The second-order valence-corrected chi connectivity index (χ2v) is 7.73. The van der Waals surface area contributed by atoms with Gasteiger partial charge in [0.2, 0.25) is 0 Å². The Morgan fingerprint density at radius 1 is 1.39 bits per heavy atom. The summed E-state index contributed by atoms with van der Waals surface area (Å²) in [5.74, 6) is 0.837. The van der Waals surface area contributed by atoms with E-state index in [1.54, 1.807) is 22.7 Å². The molecule has 0 aliphatic carbocycles. The second-order valence-electron chi connectivity index (χ2n) is 5.44. The van der Waals surface area contributed by atoms with Gasteiger partial charge in [-0.1, -0.05) is 6.07 Å². The van der Waals surface area contributed by atoms with Crippen LogP contribution in [-0.2, 0) is 6.54 Å². The molecule has 23 heavy (non-hydrogen) atoms. The maximum atomic E-state index is 4.64. The number of likely N-dealkylation sites (N-methyl/N-ethyl adjacent to an activating group) is 1. The van der Waals surface area contributed by atoms with Crippen LogP contribution in [0.4, 0.5) is 0 Å². The molecule has 2 heterocycles. The predicted octanol–water partition coefficient (Wildman–Crippen LogP) is 2.87. The van der Waals surface area contributed by atoms with E-state index in [9.17, 15) is 0 Å². The standard InChI is InChI=1S/C16H25N5S2/c1-5-17-16(20-11-15-18-9-12(2)23-15)19-10-13(21(3)4)14-7-6-8-22-14/h6-9,13H,5,10-11H2,1-4H3,(H2,17,19,20). The largest absolute Gasteiger partial charge is 0.357 e. The summed E-state index contributed by atoms with van der Waals surface area (Å²) >= 11 is 3.48. The number of rotatable bonds is 7. The van der Waals surface area contributed by atoms with E-state index in [2.05, 4.69) is 71.0 Å². The number of guanidine groups is 1. The first-order valence-electron chi connectivity index (χ1n) is 7.73. The van der Waals surface area contributed by atoms with E-state index in [-0.39, 0.29) is 0 Å². The van der Waals surface area contributed by atoms with Crippen molar-refractivity contribution >= 4 is 28.6 Å². The fourth-order valence-electron chi connectivity index (χ4n) is 2.17. The van der Waals surface area contributed by atoms with Crippen molar-refractivity contribution in [3.05, 3.63) is 38.5 Å². The van der Waals surface area contributed by atoms with Gasteiger partial charge in [-0.25, -0.2) is 9.98 Å². The smallest absolute Gasteiger partial charge is 0.191 e. The van der Waals surface area contributed by atoms with Crippen LogP contribution in [0, 0.1) is 6.92 Å². The SMILES string of the molecule is CCNC(=NCc1ncc(C)s1)NCC(c1cccs1)N(C)C. The van der Waals surface area contributed by atoms with Gasteiger partial charge in [0.1, 0.15) is 5.01 Å². The zero-order valence-corrected chi connectivity index (χ0v) is 15.8. The second kappa shape index (κ2) is 9.00. The molecule has 2 N–H and O–H groups in total. The molecule has 5 nitrogen and oxygen atoms in total. The molecular weight excluding hydrogens is 326 g/mol. The van der Waals surface area contributed by atoms with Crippen molar-refractivity contribution in [2.75, 3.05) is 27.2 Å². The van der Waals surface area contributed by atoms with Crippen molar-refractivity contribution in [2.45, 2.75) is 26.4 Å². The van der Waals surface area contributed by atoms with Gasteiger partial charge in [0.25, 0.3) is 0 Å². The Morgan fingerprint density at radius 3 is 2.78 bits per heavy atom. The van der Waals surface area contributed by atoms with E-state index < -0.39 is 0 Å². The van der Waals surface area contributed by atoms with Crippen molar-refractivity contribution in [1.82, 2.24) is 20.5 Å². The minimum atomic E-state index is 0.334. The number of aliphatic imine (C=N–C) groups is 1. The van der Waals surface area contributed by atoms with Crippen LogP contribution in [0.3, 0.4) is 0 Å². The lowest BCUT2D eigenvalue weighted by Gasteiger charge is -2.24. The Bertz CT molecular complexity index is 604. The fraction of sp³-hybridized carbons (Fsp3) is 0.500. The van der Waals surface area contributed by atoms with Gasteiger partial charge in [0.05, 0.1) is 12.6 Å². The lowest BCUT2D eigenvalue weighted by Crippen LogP contribution is -2.41. The molecule has 2 aromatic rings. The molecule has 0 radical (unpaired) electrons. The van der Waals surface area contributed by atoms with Gasteiger partial charge in [-0.3, -0.25) is 0 Å². The molecule has 0 aliphatic heterocycles. The Morgan fingerprint density at radius 2 is 2.22 bits per heavy atom. The number of hydrogen-bond donors (Lipinski definition) is 2. The van der Waals surface area contributed by atoms with Gasteiger partial charge >= 0.3 is 0 Å². The van der Waals surface area contributed by atoms with E-state index in [1.165, 1.54) is 9.75 Å². The molecular formula is C16H25N5S2. The average molecular weight is 352 g/mol. The lowest BCUT2D eigenvalue weighted by atomic mass is 10.2. The predicted molar refractivity (Wildman–Crippen MR) is 100 cm³/mol. The third-order valence-corrected chi connectivity index (χ3v) is 5.21. The first kappa shape index (κ1) is 17.9. The molecule has 7 heteroatoms. The van der Waals surface area contributed by atoms with Crippen LogP contribution < -0.4 is 10.6 Å². The van der Waals surface area contributed by atoms with Crippen LogP contribution in [0.2, 0.25) is 0 Å². The van der Waals surface area contributed by atoms with E-state index in [0.717, 1.165) is 24.1 Å². The fourth-order valence-corrected chi connectivity index (χ4v) is 3.81. The molecule has 1 unspecified atom stereocenters. The number of thiophene rings is 1. The third-order valence-electron chi connectivity index (χ3n) is 3.34. The highest BCUT2D eigenvalue weighted by molar-refractivity contribution is 7.11. The zero-order valence-electron chi connectivity index (χ0n) is 14.2. The van der Waals surface area contributed by atoms with Crippen molar-refractivity contribution in [1.29, 1.82) is 0 Å². The van der Waals surface area contributed by atoms with Crippen LogP contribution >= 0.6 is 22.7 Å². The van der Waals surface area contributed by atoms with Crippen molar-refractivity contribution in [2.24, 2.45) is 4.99 Å². The number of aromatic nitrogens is 1. The summed E-state index contributed by atoms with van der Waals surface area (Å²) in [6.07, 6.45) is 1.90. The van der Waals surface area contributed by atoms with Gasteiger partial charge in [-0.2, -0.15) is 0 Å². The normalized spacial score (nSPS) is 13.3. The topological polar surface area (TPSA) is 52.6 Å². The molecule has 0 amide bonds. The molecule has 1 atom stereocenters. The molecule has 0 fully saturated rings. The molecule has 0 aliphatic rings. The number of thiazole rings is 1. The average Bonchev–Trinajstić information content (AvgIpc) is 3.16. The summed E-state index contributed by atoms with van der Waals surface area (Å²) in [7, 11) is 4.21. The zero-order chi connectivity index (χ0) is 16.7. The summed E-state index contributed by atoms with van der Waals surface area (Å²) in [5.41, 5.74) is 0. The Labute approximate surface area is 146 Å². The van der Waals surface area contributed by atoms with E-state index in [1.807, 2.05) is 6.20 Å². The van der Waals surface area contributed by atoms with Crippen LogP contribution in [0.5, 0.6) is 0 Å². The summed E-state index contributed by atoms with van der Waals surface area (Å²) in [4.78, 5) is 13.8. The minimum Gasteiger partial charge on any atom is -0.357 e. The number of aryl methyl sites for hydroxylation is 1. The van der Waals surface area contributed by atoms with E-state index in [0.29, 0.717) is 12.6 Å².